The average molecular weight is 298 g/mol. The molecule has 0 radical (unpaired) electrons. The molecule has 0 saturated heterocycles. The van der Waals surface area contributed by atoms with Crippen molar-refractivity contribution < 1.29 is 0 Å². The first-order valence-electron chi connectivity index (χ1n) is 5.32. The van der Waals surface area contributed by atoms with E-state index in [4.69, 9.17) is 0 Å². The second kappa shape index (κ2) is 4.22. The number of nitrogens with zero attached hydrogens (tertiary/aromatic N) is 2. The highest BCUT2D eigenvalue weighted by molar-refractivity contribution is 9.10. The molecule has 5 heteroatoms. The van der Waals surface area contributed by atoms with E-state index >= 15 is 0 Å². The van der Waals surface area contributed by atoms with Crippen molar-refractivity contribution in [3.05, 3.63) is 33.2 Å². The Bertz CT molecular complexity index is 487. The lowest BCUT2D eigenvalue weighted by molar-refractivity contribution is 0.808. The van der Waals surface area contributed by atoms with Gasteiger partial charge in [0.25, 0.3) is 0 Å². The van der Waals surface area contributed by atoms with Crippen LogP contribution in [0.25, 0.3) is 0 Å². The lowest BCUT2D eigenvalue weighted by atomic mass is 10.4. The van der Waals surface area contributed by atoms with Crippen LogP contribution in [0.15, 0.2) is 28.3 Å². The van der Waals surface area contributed by atoms with E-state index in [1.165, 1.54) is 17.7 Å². The average Bonchev–Trinajstić information content (AvgIpc) is 2.82. The van der Waals surface area contributed by atoms with Gasteiger partial charge in [-0.1, -0.05) is 0 Å². The maximum atomic E-state index is 4.34. The van der Waals surface area contributed by atoms with Crippen molar-refractivity contribution >= 4 is 33.2 Å². The van der Waals surface area contributed by atoms with E-state index in [1.54, 1.807) is 11.3 Å². The Morgan fingerprint density at radius 1 is 1.56 bits per heavy atom. The Morgan fingerprint density at radius 2 is 2.44 bits per heavy atom. The molecule has 0 unspecified atom stereocenters. The highest BCUT2D eigenvalue weighted by Gasteiger charge is 2.22. The molecule has 1 aliphatic rings. The molecule has 0 amide bonds. The van der Waals surface area contributed by atoms with E-state index in [1.807, 2.05) is 12.4 Å². The normalized spacial score (nSPS) is 15.3. The number of hydrogen-bond donors (Lipinski definition) is 1. The Kier molecular flexibility index (Phi) is 2.73. The van der Waals surface area contributed by atoms with Gasteiger partial charge in [0.2, 0.25) is 5.95 Å². The Balaban J connectivity index is 1.75. The van der Waals surface area contributed by atoms with Crippen LogP contribution in [-0.2, 0) is 6.54 Å². The van der Waals surface area contributed by atoms with E-state index in [-0.39, 0.29) is 0 Å². The Hall–Kier alpha value is -0.810. The molecule has 0 aliphatic heterocycles. The molecule has 2 aromatic rings. The molecule has 1 N–H and O–H groups in total. The third kappa shape index (κ3) is 2.30. The summed E-state index contributed by atoms with van der Waals surface area (Å²) in [6, 6.07) is 2.81. The summed E-state index contributed by atoms with van der Waals surface area (Å²) in [4.78, 5) is 5.68. The fraction of sp³-hybridized carbons (Fsp3) is 0.364. The minimum Gasteiger partial charge on any atom is -0.353 e. The van der Waals surface area contributed by atoms with Gasteiger partial charge in [0.1, 0.15) is 0 Å². The standard InChI is InChI=1S/C11H12BrN3S/c12-8-5-10(16-7-8)6-15-4-3-13-11(15)14-9-1-2-9/h3-5,7,9H,1-2,6H2,(H,13,14). The summed E-state index contributed by atoms with van der Waals surface area (Å²) in [5, 5.41) is 5.55. The SMILES string of the molecule is Brc1csc(Cn2ccnc2NC2CC2)c1. The zero-order valence-electron chi connectivity index (χ0n) is 8.69. The van der Waals surface area contributed by atoms with Crippen LogP contribution in [0.5, 0.6) is 0 Å². The van der Waals surface area contributed by atoms with Crippen LogP contribution in [-0.4, -0.2) is 15.6 Å². The zero-order valence-corrected chi connectivity index (χ0v) is 11.1. The highest BCUT2D eigenvalue weighted by Crippen LogP contribution is 2.25. The summed E-state index contributed by atoms with van der Waals surface area (Å²) in [5.41, 5.74) is 0. The van der Waals surface area contributed by atoms with Crippen LogP contribution < -0.4 is 5.32 Å². The van der Waals surface area contributed by atoms with Crippen LogP contribution >= 0.6 is 27.3 Å². The molecule has 0 atom stereocenters. The summed E-state index contributed by atoms with van der Waals surface area (Å²) in [5.74, 6) is 0.993. The molecule has 2 aromatic heterocycles. The van der Waals surface area contributed by atoms with Gasteiger partial charge in [0, 0.05) is 33.2 Å². The van der Waals surface area contributed by atoms with Crippen molar-refractivity contribution in [3.63, 3.8) is 0 Å². The highest BCUT2D eigenvalue weighted by atomic mass is 79.9. The molecule has 1 aliphatic carbocycles. The summed E-state index contributed by atoms with van der Waals surface area (Å²) in [7, 11) is 0. The van der Waals surface area contributed by atoms with Crippen molar-refractivity contribution in [3.8, 4) is 0 Å². The quantitative estimate of drug-likeness (QED) is 0.938. The number of rotatable bonds is 4. The van der Waals surface area contributed by atoms with E-state index in [0.29, 0.717) is 6.04 Å². The molecule has 0 spiro atoms. The molecule has 3 rings (SSSR count). The largest absolute Gasteiger partial charge is 0.353 e. The van der Waals surface area contributed by atoms with Crippen molar-refractivity contribution in [2.24, 2.45) is 0 Å². The first kappa shape index (κ1) is 10.4. The van der Waals surface area contributed by atoms with Crippen molar-refractivity contribution in [2.75, 3.05) is 5.32 Å². The summed E-state index contributed by atoms with van der Waals surface area (Å²) >= 11 is 5.24. The van der Waals surface area contributed by atoms with Gasteiger partial charge in [-0.05, 0) is 34.8 Å². The van der Waals surface area contributed by atoms with Gasteiger partial charge in [-0.15, -0.1) is 11.3 Å². The minimum atomic E-state index is 0.649. The predicted molar refractivity (Wildman–Crippen MR) is 70.0 cm³/mol. The molecule has 1 saturated carbocycles. The topological polar surface area (TPSA) is 29.9 Å². The van der Waals surface area contributed by atoms with E-state index in [0.717, 1.165) is 17.0 Å². The molecule has 0 aromatic carbocycles. The Morgan fingerprint density at radius 3 is 3.12 bits per heavy atom. The number of hydrogen-bond acceptors (Lipinski definition) is 3. The van der Waals surface area contributed by atoms with Crippen molar-refractivity contribution in [1.29, 1.82) is 0 Å². The van der Waals surface area contributed by atoms with Crippen LogP contribution in [0.4, 0.5) is 5.95 Å². The lowest BCUT2D eigenvalue weighted by Gasteiger charge is -2.07. The summed E-state index contributed by atoms with van der Waals surface area (Å²) < 4.78 is 3.32. The van der Waals surface area contributed by atoms with Gasteiger partial charge in [-0.3, -0.25) is 0 Å². The molecule has 2 heterocycles. The molecule has 0 bridgehead atoms. The number of nitrogens with one attached hydrogen (secondary N) is 1. The minimum absolute atomic E-state index is 0.649. The molecular formula is C11H12BrN3S. The molecule has 84 valence electrons. The number of aromatic nitrogens is 2. The third-order valence-corrected chi connectivity index (χ3v) is 4.26. The van der Waals surface area contributed by atoms with Crippen molar-refractivity contribution in [1.82, 2.24) is 9.55 Å². The molecule has 16 heavy (non-hydrogen) atoms. The Labute approximate surface area is 107 Å². The van der Waals surface area contributed by atoms with Gasteiger partial charge in [0.15, 0.2) is 0 Å². The van der Waals surface area contributed by atoms with Crippen LogP contribution in [0.2, 0.25) is 0 Å². The second-order valence-electron chi connectivity index (χ2n) is 4.03. The van der Waals surface area contributed by atoms with Gasteiger partial charge in [-0.25, -0.2) is 4.98 Å². The van der Waals surface area contributed by atoms with Gasteiger partial charge in [-0.2, -0.15) is 0 Å². The van der Waals surface area contributed by atoms with E-state index in [2.05, 4.69) is 42.2 Å². The number of anilines is 1. The van der Waals surface area contributed by atoms with Gasteiger partial charge < -0.3 is 9.88 Å². The number of halogens is 1. The van der Waals surface area contributed by atoms with Gasteiger partial charge in [0.05, 0.1) is 6.54 Å². The summed E-state index contributed by atoms with van der Waals surface area (Å²) in [6.45, 7) is 0.894. The lowest BCUT2D eigenvalue weighted by Crippen LogP contribution is -2.09. The zero-order chi connectivity index (χ0) is 11.0. The molecule has 3 nitrogen and oxygen atoms in total. The first-order valence-corrected chi connectivity index (χ1v) is 6.99. The van der Waals surface area contributed by atoms with E-state index < -0.39 is 0 Å². The van der Waals surface area contributed by atoms with Crippen molar-refractivity contribution in [2.45, 2.75) is 25.4 Å². The predicted octanol–water partition coefficient (Wildman–Crippen LogP) is 3.33. The smallest absolute Gasteiger partial charge is 0.203 e. The van der Waals surface area contributed by atoms with Gasteiger partial charge >= 0.3 is 0 Å². The second-order valence-corrected chi connectivity index (χ2v) is 5.94. The van der Waals surface area contributed by atoms with E-state index in [9.17, 15) is 0 Å². The maximum Gasteiger partial charge on any atom is 0.203 e. The first-order chi connectivity index (χ1) is 7.81. The van der Waals surface area contributed by atoms with Crippen LogP contribution in [0.1, 0.15) is 17.7 Å². The fourth-order valence-corrected chi connectivity index (χ4v) is 3.04. The molecular weight excluding hydrogens is 286 g/mol. The third-order valence-electron chi connectivity index (χ3n) is 2.57. The fourth-order valence-electron chi connectivity index (χ4n) is 1.59. The maximum absolute atomic E-state index is 4.34. The summed E-state index contributed by atoms with van der Waals surface area (Å²) in [6.07, 6.45) is 6.43. The van der Waals surface area contributed by atoms with Crippen LogP contribution in [0.3, 0.4) is 0 Å². The molecule has 1 fully saturated rings. The number of imidazole rings is 1. The number of thiophene rings is 1. The monoisotopic (exact) mass is 297 g/mol. The van der Waals surface area contributed by atoms with Crippen LogP contribution in [0, 0.1) is 0 Å².